The summed E-state index contributed by atoms with van der Waals surface area (Å²) in [6, 6.07) is 2.84. The van der Waals surface area contributed by atoms with E-state index in [0.29, 0.717) is 6.07 Å². The van der Waals surface area contributed by atoms with Crippen LogP contribution < -0.4 is 10.2 Å². The molecule has 0 saturated heterocycles. The molecule has 0 spiro atoms. The number of halogens is 2. The van der Waals surface area contributed by atoms with Gasteiger partial charge in [0.05, 0.1) is 5.60 Å². The summed E-state index contributed by atoms with van der Waals surface area (Å²) in [5, 5.41) is 0. The molecule has 1 rings (SSSR count). The first-order chi connectivity index (χ1) is 8.28. The summed E-state index contributed by atoms with van der Waals surface area (Å²) in [7, 11) is 0. The van der Waals surface area contributed by atoms with Crippen LogP contribution in [0.15, 0.2) is 18.2 Å². The summed E-state index contributed by atoms with van der Waals surface area (Å²) in [6.45, 7) is 4.86. The highest BCUT2D eigenvalue weighted by molar-refractivity contribution is 5.76. The van der Waals surface area contributed by atoms with Gasteiger partial charge in [0, 0.05) is 6.07 Å². The highest BCUT2D eigenvalue weighted by Crippen LogP contribution is 2.17. The van der Waals surface area contributed by atoms with Crippen LogP contribution in [0.5, 0.6) is 5.75 Å². The second-order valence-corrected chi connectivity index (χ2v) is 4.60. The molecule has 100 valence electrons. The maximum atomic E-state index is 13.1. The van der Waals surface area contributed by atoms with Gasteiger partial charge in [0.25, 0.3) is 5.91 Å². The van der Waals surface area contributed by atoms with Crippen molar-refractivity contribution >= 4 is 5.91 Å². The van der Waals surface area contributed by atoms with Gasteiger partial charge in [-0.15, -0.1) is 0 Å². The Balaban J connectivity index is 2.43. The van der Waals surface area contributed by atoms with Gasteiger partial charge < -0.3 is 4.74 Å². The van der Waals surface area contributed by atoms with Gasteiger partial charge in [0.2, 0.25) is 0 Å². The number of benzene rings is 1. The lowest BCUT2D eigenvalue weighted by atomic mass is 10.2. The van der Waals surface area contributed by atoms with Crippen molar-refractivity contribution in [1.29, 1.82) is 0 Å². The van der Waals surface area contributed by atoms with Gasteiger partial charge in [-0.1, -0.05) is 0 Å². The summed E-state index contributed by atoms with van der Waals surface area (Å²) in [5.74, 6) is -2.32. The highest BCUT2D eigenvalue weighted by Gasteiger charge is 2.13. The van der Waals surface area contributed by atoms with E-state index in [1.165, 1.54) is 0 Å². The average Bonchev–Trinajstić information content (AvgIpc) is 2.24. The van der Waals surface area contributed by atoms with Gasteiger partial charge in [-0.3, -0.25) is 9.63 Å². The number of hydrogen-bond acceptors (Lipinski definition) is 3. The molecule has 1 N–H and O–H groups in total. The van der Waals surface area contributed by atoms with Crippen LogP contribution in [0, 0.1) is 11.6 Å². The largest absolute Gasteiger partial charge is 0.481 e. The normalized spacial score (nSPS) is 11.2. The Morgan fingerprint density at radius 3 is 2.56 bits per heavy atom. The van der Waals surface area contributed by atoms with Crippen LogP contribution in [0.3, 0.4) is 0 Å². The lowest BCUT2D eigenvalue weighted by molar-refractivity contribution is -0.147. The molecule has 0 saturated carbocycles. The molecule has 6 heteroatoms. The standard InChI is InChI=1S/C12H15F2NO3/c1-12(2,3)18-15-11(16)7-17-10-5-4-8(13)6-9(10)14/h4-6H,7H2,1-3H3,(H,15,16). The van der Waals surface area contributed by atoms with Gasteiger partial charge >= 0.3 is 0 Å². The minimum absolute atomic E-state index is 0.192. The first-order valence-corrected chi connectivity index (χ1v) is 5.32. The third-order valence-corrected chi connectivity index (χ3v) is 1.72. The SMILES string of the molecule is CC(C)(C)ONC(=O)COc1ccc(F)cc1F. The van der Waals surface area contributed by atoms with Crippen molar-refractivity contribution < 1.29 is 23.1 Å². The van der Waals surface area contributed by atoms with Crippen LogP contribution in [0.25, 0.3) is 0 Å². The van der Waals surface area contributed by atoms with Crippen molar-refractivity contribution in [1.82, 2.24) is 5.48 Å². The van der Waals surface area contributed by atoms with Crippen molar-refractivity contribution in [2.45, 2.75) is 26.4 Å². The lowest BCUT2D eigenvalue weighted by Crippen LogP contribution is -2.36. The Labute approximate surface area is 104 Å². The van der Waals surface area contributed by atoms with Gasteiger partial charge in [-0.25, -0.2) is 14.3 Å². The minimum Gasteiger partial charge on any atom is -0.481 e. The molecule has 0 bridgehead atoms. The third kappa shape index (κ3) is 5.09. The number of carbonyl (C=O) groups excluding carboxylic acids is 1. The Kier molecular flexibility index (Phi) is 4.61. The fraction of sp³-hybridized carbons (Fsp3) is 0.417. The predicted octanol–water partition coefficient (Wildman–Crippen LogP) is 2.19. The second kappa shape index (κ2) is 5.77. The summed E-state index contributed by atoms with van der Waals surface area (Å²) in [6.07, 6.45) is 0. The Bertz CT molecular complexity index is 430. The molecule has 0 heterocycles. The molecule has 0 atom stereocenters. The Morgan fingerprint density at radius 2 is 2.00 bits per heavy atom. The number of hydroxylamine groups is 1. The first kappa shape index (κ1) is 14.4. The quantitative estimate of drug-likeness (QED) is 0.843. The molecule has 0 aromatic heterocycles. The van der Waals surface area contributed by atoms with E-state index >= 15 is 0 Å². The van der Waals surface area contributed by atoms with Crippen molar-refractivity contribution in [2.24, 2.45) is 0 Å². The molecule has 0 aliphatic rings. The molecule has 0 radical (unpaired) electrons. The molecule has 0 unspecified atom stereocenters. The van der Waals surface area contributed by atoms with Crippen LogP contribution >= 0.6 is 0 Å². The molecular weight excluding hydrogens is 244 g/mol. The van der Waals surface area contributed by atoms with Crippen molar-refractivity contribution in [2.75, 3.05) is 6.61 Å². The zero-order valence-corrected chi connectivity index (χ0v) is 10.4. The fourth-order valence-electron chi connectivity index (χ4n) is 0.975. The van der Waals surface area contributed by atoms with E-state index in [1.807, 2.05) is 0 Å². The van der Waals surface area contributed by atoms with Gasteiger partial charge in [0.15, 0.2) is 18.2 Å². The molecular formula is C12H15F2NO3. The van der Waals surface area contributed by atoms with E-state index in [4.69, 9.17) is 9.57 Å². The molecule has 1 amide bonds. The van der Waals surface area contributed by atoms with E-state index in [0.717, 1.165) is 12.1 Å². The molecule has 0 aliphatic carbocycles. The van der Waals surface area contributed by atoms with Gasteiger partial charge in [-0.05, 0) is 32.9 Å². The van der Waals surface area contributed by atoms with E-state index in [2.05, 4.69) is 5.48 Å². The van der Waals surface area contributed by atoms with Crippen LogP contribution in [-0.2, 0) is 9.63 Å². The zero-order chi connectivity index (χ0) is 13.8. The smallest absolute Gasteiger partial charge is 0.281 e. The van der Waals surface area contributed by atoms with Crippen molar-refractivity contribution in [3.63, 3.8) is 0 Å². The number of carbonyl (C=O) groups is 1. The maximum absolute atomic E-state index is 13.1. The lowest BCUT2D eigenvalue weighted by Gasteiger charge is -2.18. The number of hydrogen-bond donors (Lipinski definition) is 1. The van der Waals surface area contributed by atoms with E-state index in [9.17, 15) is 13.6 Å². The number of rotatable bonds is 4. The molecule has 18 heavy (non-hydrogen) atoms. The maximum Gasteiger partial charge on any atom is 0.281 e. The summed E-state index contributed by atoms with van der Waals surface area (Å²) in [4.78, 5) is 16.3. The van der Waals surface area contributed by atoms with Crippen LogP contribution in [-0.4, -0.2) is 18.1 Å². The number of ether oxygens (including phenoxy) is 1. The van der Waals surface area contributed by atoms with E-state index in [1.54, 1.807) is 20.8 Å². The third-order valence-electron chi connectivity index (χ3n) is 1.72. The number of nitrogens with one attached hydrogen (secondary N) is 1. The minimum atomic E-state index is -0.862. The summed E-state index contributed by atoms with van der Waals surface area (Å²) in [5.41, 5.74) is 1.63. The second-order valence-electron chi connectivity index (χ2n) is 4.60. The van der Waals surface area contributed by atoms with Crippen LogP contribution in [0.1, 0.15) is 20.8 Å². The highest BCUT2D eigenvalue weighted by atomic mass is 19.1. The Morgan fingerprint density at radius 1 is 1.33 bits per heavy atom. The van der Waals surface area contributed by atoms with Crippen LogP contribution in [0.4, 0.5) is 8.78 Å². The predicted molar refractivity (Wildman–Crippen MR) is 60.8 cm³/mol. The fourth-order valence-corrected chi connectivity index (χ4v) is 0.975. The number of amides is 1. The van der Waals surface area contributed by atoms with Crippen molar-refractivity contribution in [3.05, 3.63) is 29.8 Å². The molecule has 0 fully saturated rings. The van der Waals surface area contributed by atoms with Crippen LogP contribution in [0.2, 0.25) is 0 Å². The summed E-state index contributed by atoms with van der Waals surface area (Å²) < 4.78 is 30.6. The topological polar surface area (TPSA) is 47.6 Å². The van der Waals surface area contributed by atoms with E-state index in [-0.39, 0.29) is 5.75 Å². The molecule has 1 aromatic carbocycles. The summed E-state index contributed by atoms with van der Waals surface area (Å²) >= 11 is 0. The molecule has 4 nitrogen and oxygen atoms in total. The monoisotopic (exact) mass is 259 g/mol. The van der Waals surface area contributed by atoms with Gasteiger partial charge in [-0.2, -0.15) is 0 Å². The van der Waals surface area contributed by atoms with Crippen molar-refractivity contribution in [3.8, 4) is 5.75 Å². The zero-order valence-electron chi connectivity index (χ0n) is 10.4. The van der Waals surface area contributed by atoms with E-state index < -0.39 is 29.7 Å². The molecule has 1 aromatic rings. The Hall–Kier alpha value is -1.69. The first-order valence-electron chi connectivity index (χ1n) is 5.32. The van der Waals surface area contributed by atoms with Gasteiger partial charge in [0.1, 0.15) is 5.82 Å². The average molecular weight is 259 g/mol. The molecule has 0 aliphatic heterocycles.